The van der Waals surface area contributed by atoms with Gasteiger partial charge in [-0.2, -0.15) is 0 Å². The average Bonchev–Trinajstić information content (AvgIpc) is 2.57. The van der Waals surface area contributed by atoms with E-state index in [1.54, 1.807) is 19.1 Å². The molecule has 26 heavy (non-hydrogen) atoms. The van der Waals surface area contributed by atoms with E-state index in [0.717, 1.165) is 33.7 Å². The first kappa shape index (κ1) is 20.0. The third-order valence-electron chi connectivity index (χ3n) is 4.46. The molecule has 0 aliphatic carbocycles. The number of nitrogens with zero attached hydrogens (tertiary/aromatic N) is 1. The lowest BCUT2D eigenvalue weighted by Gasteiger charge is -2.28. The van der Waals surface area contributed by atoms with Crippen molar-refractivity contribution in [2.75, 3.05) is 15.9 Å². The Hall–Kier alpha value is -2.34. The molecule has 1 amide bonds. The normalized spacial score (nSPS) is 12.5. The van der Waals surface area contributed by atoms with Gasteiger partial charge >= 0.3 is 0 Å². The number of hydrogen-bond donors (Lipinski definition) is 1. The van der Waals surface area contributed by atoms with Gasteiger partial charge in [0.25, 0.3) is 0 Å². The van der Waals surface area contributed by atoms with Crippen molar-refractivity contribution in [2.45, 2.75) is 40.2 Å². The molecule has 2 aromatic carbocycles. The van der Waals surface area contributed by atoms with Crippen molar-refractivity contribution in [1.29, 1.82) is 0 Å². The molecule has 140 valence electrons. The average molecular weight is 375 g/mol. The third kappa shape index (κ3) is 4.64. The standard InChI is InChI=1S/C20H26N2O3S/c1-6-17-8-11-19(12-9-17)22(26(5,24)25)16(4)20(23)21-18-10-7-14(2)15(3)13-18/h7-13,16H,6H2,1-5H3,(H,21,23)/t16-/m0/s1. The lowest BCUT2D eigenvalue weighted by molar-refractivity contribution is -0.116. The number of benzene rings is 2. The topological polar surface area (TPSA) is 66.5 Å². The number of carbonyl (C=O) groups is 1. The molecule has 0 bridgehead atoms. The van der Waals surface area contributed by atoms with Crippen LogP contribution in [0.2, 0.25) is 0 Å². The van der Waals surface area contributed by atoms with E-state index in [0.29, 0.717) is 11.4 Å². The van der Waals surface area contributed by atoms with Gasteiger partial charge in [0, 0.05) is 5.69 Å². The molecule has 0 radical (unpaired) electrons. The van der Waals surface area contributed by atoms with Crippen LogP contribution in [-0.4, -0.2) is 26.6 Å². The number of rotatable bonds is 6. The number of hydrogen-bond acceptors (Lipinski definition) is 3. The molecular weight excluding hydrogens is 348 g/mol. The summed E-state index contributed by atoms with van der Waals surface area (Å²) in [6.07, 6.45) is 1.97. The second-order valence-electron chi connectivity index (χ2n) is 6.54. The summed E-state index contributed by atoms with van der Waals surface area (Å²) >= 11 is 0. The van der Waals surface area contributed by atoms with Gasteiger partial charge in [0.2, 0.25) is 15.9 Å². The molecule has 2 aromatic rings. The Balaban J connectivity index is 2.29. The molecule has 1 atom stereocenters. The van der Waals surface area contributed by atoms with E-state index in [9.17, 15) is 13.2 Å². The van der Waals surface area contributed by atoms with Crippen LogP contribution in [0.15, 0.2) is 42.5 Å². The minimum atomic E-state index is -3.62. The summed E-state index contributed by atoms with van der Waals surface area (Å²) in [7, 11) is -3.62. The Bertz CT molecular complexity index is 890. The van der Waals surface area contributed by atoms with E-state index >= 15 is 0 Å². The van der Waals surface area contributed by atoms with E-state index in [4.69, 9.17) is 0 Å². The van der Waals surface area contributed by atoms with Gasteiger partial charge in [-0.15, -0.1) is 0 Å². The Morgan fingerprint density at radius 2 is 1.69 bits per heavy atom. The maximum Gasteiger partial charge on any atom is 0.247 e. The fourth-order valence-corrected chi connectivity index (χ4v) is 3.93. The van der Waals surface area contributed by atoms with Gasteiger partial charge in [-0.1, -0.05) is 25.1 Å². The number of nitrogens with one attached hydrogen (secondary N) is 1. The molecule has 0 fully saturated rings. The molecule has 2 rings (SSSR count). The first-order chi connectivity index (χ1) is 12.1. The summed E-state index contributed by atoms with van der Waals surface area (Å²) in [5.74, 6) is -0.377. The van der Waals surface area contributed by atoms with Crippen molar-refractivity contribution in [3.8, 4) is 0 Å². The van der Waals surface area contributed by atoms with Crippen LogP contribution in [0.25, 0.3) is 0 Å². The Labute approximate surface area is 156 Å². The summed E-state index contributed by atoms with van der Waals surface area (Å²) in [5.41, 5.74) is 4.43. The highest BCUT2D eigenvalue weighted by Gasteiger charge is 2.29. The van der Waals surface area contributed by atoms with Crippen LogP contribution in [0.3, 0.4) is 0 Å². The number of carbonyl (C=O) groups excluding carboxylic acids is 1. The van der Waals surface area contributed by atoms with Crippen molar-refractivity contribution in [3.63, 3.8) is 0 Å². The third-order valence-corrected chi connectivity index (χ3v) is 5.70. The number of anilines is 2. The van der Waals surface area contributed by atoms with Crippen molar-refractivity contribution in [1.82, 2.24) is 0 Å². The van der Waals surface area contributed by atoms with Gasteiger partial charge < -0.3 is 5.32 Å². The van der Waals surface area contributed by atoms with Gasteiger partial charge in [-0.3, -0.25) is 9.10 Å². The van der Waals surface area contributed by atoms with E-state index in [1.807, 2.05) is 51.1 Å². The van der Waals surface area contributed by atoms with Crippen LogP contribution < -0.4 is 9.62 Å². The van der Waals surface area contributed by atoms with Gasteiger partial charge in [0.15, 0.2) is 0 Å². The predicted molar refractivity (Wildman–Crippen MR) is 107 cm³/mol. The lowest BCUT2D eigenvalue weighted by Crippen LogP contribution is -2.45. The van der Waals surface area contributed by atoms with E-state index < -0.39 is 16.1 Å². The molecule has 0 spiro atoms. The van der Waals surface area contributed by atoms with E-state index in [-0.39, 0.29) is 5.91 Å². The summed E-state index contributed by atoms with van der Waals surface area (Å²) in [6, 6.07) is 12.0. The minimum Gasteiger partial charge on any atom is -0.324 e. The molecule has 0 unspecified atom stereocenters. The zero-order chi connectivity index (χ0) is 19.5. The van der Waals surface area contributed by atoms with Gasteiger partial charge in [-0.05, 0) is 68.1 Å². The second kappa shape index (κ2) is 7.91. The molecule has 0 aromatic heterocycles. The monoisotopic (exact) mass is 374 g/mol. The fraction of sp³-hybridized carbons (Fsp3) is 0.350. The first-order valence-electron chi connectivity index (χ1n) is 8.60. The first-order valence-corrected chi connectivity index (χ1v) is 10.4. The predicted octanol–water partition coefficient (Wildman–Crippen LogP) is 3.66. The van der Waals surface area contributed by atoms with Crippen LogP contribution >= 0.6 is 0 Å². The zero-order valence-electron chi connectivity index (χ0n) is 15.9. The van der Waals surface area contributed by atoms with Crippen LogP contribution in [0.4, 0.5) is 11.4 Å². The quantitative estimate of drug-likeness (QED) is 0.839. The highest BCUT2D eigenvalue weighted by atomic mass is 32.2. The zero-order valence-corrected chi connectivity index (χ0v) is 16.7. The molecule has 6 heteroatoms. The lowest BCUT2D eigenvalue weighted by atomic mass is 10.1. The fourth-order valence-electron chi connectivity index (χ4n) is 2.75. The number of aryl methyl sites for hydroxylation is 3. The SMILES string of the molecule is CCc1ccc(N([C@@H](C)C(=O)Nc2ccc(C)c(C)c2)S(C)(=O)=O)cc1. The highest BCUT2D eigenvalue weighted by Crippen LogP contribution is 2.23. The molecule has 5 nitrogen and oxygen atoms in total. The van der Waals surface area contributed by atoms with Crippen LogP contribution in [0.1, 0.15) is 30.5 Å². The number of amides is 1. The largest absolute Gasteiger partial charge is 0.324 e. The van der Waals surface area contributed by atoms with Crippen LogP contribution in [0, 0.1) is 13.8 Å². The van der Waals surface area contributed by atoms with Crippen molar-refractivity contribution < 1.29 is 13.2 Å². The van der Waals surface area contributed by atoms with Crippen molar-refractivity contribution >= 4 is 27.3 Å². The Morgan fingerprint density at radius 3 is 2.19 bits per heavy atom. The Morgan fingerprint density at radius 1 is 1.08 bits per heavy atom. The summed E-state index contributed by atoms with van der Waals surface area (Å²) in [5, 5.41) is 2.81. The van der Waals surface area contributed by atoms with Crippen LogP contribution in [-0.2, 0) is 21.2 Å². The molecule has 0 aliphatic rings. The van der Waals surface area contributed by atoms with Crippen LogP contribution in [0.5, 0.6) is 0 Å². The summed E-state index contributed by atoms with van der Waals surface area (Å²) in [6.45, 7) is 7.58. The van der Waals surface area contributed by atoms with Crippen molar-refractivity contribution in [2.24, 2.45) is 0 Å². The maximum absolute atomic E-state index is 12.7. The number of sulfonamides is 1. The highest BCUT2D eigenvalue weighted by molar-refractivity contribution is 7.92. The van der Waals surface area contributed by atoms with Gasteiger partial charge in [0.05, 0.1) is 11.9 Å². The maximum atomic E-state index is 12.7. The van der Waals surface area contributed by atoms with E-state index in [2.05, 4.69) is 5.32 Å². The smallest absolute Gasteiger partial charge is 0.247 e. The minimum absolute atomic E-state index is 0.377. The van der Waals surface area contributed by atoms with Crippen molar-refractivity contribution in [3.05, 3.63) is 59.2 Å². The molecule has 0 saturated carbocycles. The molecular formula is C20H26N2O3S. The molecule has 0 saturated heterocycles. The van der Waals surface area contributed by atoms with Gasteiger partial charge in [-0.25, -0.2) is 8.42 Å². The molecule has 0 aliphatic heterocycles. The summed E-state index contributed by atoms with van der Waals surface area (Å²) in [4.78, 5) is 12.7. The second-order valence-corrected chi connectivity index (χ2v) is 8.40. The van der Waals surface area contributed by atoms with Gasteiger partial charge in [0.1, 0.15) is 6.04 Å². The molecule has 0 heterocycles. The van der Waals surface area contributed by atoms with E-state index in [1.165, 1.54) is 0 Å². The Kier molecular flexibility index (Phi) is 6.08. The molecule has 1 N–H and O–H groups in total. The summed E-state index contributed by atoms with van der Waals surface area (Å²) < 4.78 is 25.8.